The van der Waals surface area contributed by atoms with Crippen molar-refractivity contribution >= 4 is 11.6 Å². The average Bonchev–Trinajstić information content (AvgIpc) is 2.65. The maximum atomic E-state index is 13.6. The summed E-state index contributed by atoms with van der Waals surface area (Å²) in [6, 6.07) is 2.45. The number of piperidine rings is 1. The van der Waals surface area contributed by atoms with Crippen LogP contribution < -0.4 is 10.6 Å². The van der Waals surface area contributed by atoms with E-state index in [-0.39, 0.29) is 17.2 Å². The number of amides is 1. The molecule has 1 aromatic rings. The van der Waals surface area contributed by atoms with Crippen LogP contribution in [-0.2, 0) is 11.0 Å². The van der Waals surface area contributed by atoms with Crippen molar-refractivity contribution < 1.29 is 22.4 Å². The van der Waals surface area contributed by atoms with E-state index >= 15 is 0 Å². The molecule has 0 radical (unpaired) electrons. The second-order valence-electron chi connectivity index (χ2n) is 8.88. The lowest BCUT2D eigenvalue weighted by Gasteiger charge is -2.32. The van der Waals surface area contributed by atoms with Crippen molar-refractivity contribution in [1.82, 2.24) is 15.5 Å². The number of rotatable bonds is 7. The van der Waals surface area contributed by atoms with E-state index in [1.165, 1.54) is 0 Å². The van der Waals surface area contributed by atoms with Gasteiger partial charge in [-0.05, 0) is 50.0 Å². The molecule has 0 unspecified atom stereocenters. The molecule has 1 saturated heterocycles. The molecule has 0 spiro atoms. The fourth-order valence-electron chi connectivity index (χ4n) is 3.30. The Labute approximate surface area is 175 Å². The van der Waals surface area contributed by atoms with Crippen LogP contribution in [0.3, 0.4) is 0 Å². The number of alkyl halides is 3. The second kappa shape index (κ2) is 9.81. The first-order chi connectivity index (χ1) is 13.9. The van der Waals surface area contributed by atoms with Crippen LogP contribution in [0.4, 0.5) is 17.6 Å². The molecular formula is C22H31F4N3O. The summed E-state index contributed by atoms with van der Waals surface area (Å²) in [5.41, 5.74) is -1.03. The summed E-state index contributed by atoms with van der Waals surface area (Å²) in [5, 5.41) is 6.00. The zero-order valence-corrected chi connectivity index (χ0v) is 17.8. The van der Waals surface area contributed by atoms with E-state index in [0.717, 1.165) is 44.6 Å². The smallest absolute Gasteiger partial charge is 0.385 e. The Balaban J connectivity index is 1.75. The van der Waals surface area contributed by atoms with E-state index in [9.17, 15) is 22.4 Å². The van der Waals surface area contributed by atoms with Gasteiger partial charge in [-0.15, -0.1) is 0 Å². The highest BCUT2D eigenvalue weighted by molar-refractivity contribution is 5.81. The summed E-state index contributed by atoms with van der Waals surface area (Å²) in [7, 11) is 0. The molecule has 2 rings (SSSR count). The zero-order chi connectivity index (χ0) is 22.5. The maximum Gasteiger partial charge on any atom is 0.416 e. The van der Waals surface area contributed by atoms with Crippen molar-refractivity contribution in [1.29, 1.82) is 0 Å². The molecule has 1 aliphatic heterocycles. The third kappa shape index (κ3) is 7.31. The predicted octanol–water partition coefficient (Wildman–Crippen LogP) is 4.28. The Morgan fingerprint density at radius 3 is 2.33 bits per heavy atom. The molecule has 0 atom stereocenters. The molecule has 1 fully saturated rings. The standard InChI is InChI=1S/C22H31F4N3O/c1-15(17-11-18(22(24,25)26)13-19(23)12-17)28-14-16-5-8-29(9-6-16)10-7-27-20(30)21(2,3)4/h11-13,16,28H,1,5-10,14H2,2-4H3,(H,27,30). The monoisotopic (exact) mass is 429 g/mol. The Bertz CT molecular complexity index is 748. The van der Waals surface area contributed by atoms with Gasteiger partial charge < -0.3 is 15.5 Å². The quantitative estimate of drug-likeness (QED) is 0.636. The molecule has 4 nitrogen and oxygen atoms in total. The van der Waals surface area contributed by atoms with Gasteiger partial charge in [-0.25, -0.2) is 4.39 Å². The van der Waals surface area contributed by atoms with Gasteiger partial charge in [0.2, 0.25) is 5.91 Å². The van der Waals surface area contributed by atoms with Crippen molar-refractivity contribution in [2.75, 3.05) is 32.7 Å². The Hall–Kier alpha value is -2.09. The lowest BCUT2D eigenvalue weighted by atomic mass is 9.95. The highest BCUT2D eigenvalue weighted by atomic mass is 19.4. The summed E-state index contributed by atoms with van der Waals surface area (Å²) in [5.74, 6) is -0.543. The van der Waals surface area contributed by atoms with Gasteiger partial charge in [0.25, 0.3) is 0 Å². The lowest BCUT2D eigenvalue weighted by molar-refractivity contribution is -0.137. The molecule has 1 aliphatic rings. The number of nitrogens with zero attached hydrogens (tertiary/aromatic N) is 1. The molecule has 1 heterocycles. The summed E-state index contributed by atoms with van der Waals surface area (Å²) < 4.78 is 52.2. The number of halogens is 4. The topological polar surface area (TPSA) is 44.4 Å². The molecule has 0 aromatic heterocycles. The van der Waals surface area contributed by atoms with Crippen LogP contribution in [0.5, 0.6) is 0 Å². The van der Waals surface area contributed by atoms with Gasteiger partial charge in [0, 0.05) is 36.3 Å². The van der Waals surface area contributed by atoms with Crippen molar-refractivity contribution in [3.05, 3.63) is 41.7 Å². The van der Waals surface area contributed by atoms with E-state index in [4.69, 9.17) is 0 Å². The Morgan fingerprint density at radius 1 is 1.13 bits per heavy atom. The first-order valence-electron chi connectivity index (χ1n) is 10.2. The van der Waals surface area contributed by atoms with Crippen molar-refractivity contribution in [3.63, 3.8) is 0 Å². The number of likely N-dealkylation sites (tertiary alicyclic amines) is 1. The number of hydrogen-bond acceptors (Lipinski definition) is 3. The number of benzene rings is 1. The molecule has 1 aromatic carbocycles. The number of hydrogen-bond donors (Lipinski definition) is 2. The van der Waals surface area contributed by atoms with Crippen LogP contribution in [0.15, 0.2) is 24.8 Å². The van der Waals surface area contributed by atoms with Gasteiger partial charge in [-0.3, -0.25) is 4.79 Å². The van der Waals surface area contributed by atoms with Gasteiger partial charge in [-0.1, -0.05) is 27.4 Å². The van der Waals surface area contributed by atoms with Crippen molar-refractivity contribution in [2.24, 2.45) is 11.3 Å². The minimum Gasteiger partial charge on any atom is -0.385 e. The minimum absolute atomic E-state index is 0.0335. The minimum atomic E-state index is -4.60. The summed E-state index contributed by atoms with van der Waals surface area (Å²) in [6.07, 6.45) is -2.73. The lowest BCUT2D eigenvalue weighted by Crippen LogP contribution is -2.43. The van der Waals surface area contributed by atoms with Crippen LogP contribution in [0.2, 0.25) is 0 Å². The van der Waals surface area contributed by atoms with E-state index in [0.29, 0.717) is 25.1 Å². The number of nitrogens with one attached hydrogen (secondary N) is 2. The van der Waals surface area contributed by atoms with Crippen LogP contribution >= 0.6 is 0 Å². The summed E-state index contributed by atoms with van der Waals surface area (Å²) in [4.78, 5) is 14.2. The molecular weight excluding hydrogens is 398 g/mol. The van der Waals surface area contributed by atoms with Crippen molar-refractivity contribution in [2.45, 2.75) is 39.8 Å². The summed E-state index contributed by atoms with van der Waals surface area (Å²) in [6.45, 7) is 13.2. The first-order valence-corrected chi connectivity index (χ1v) is 10.2. The van der Waals surface area contributed by atoms with Gasteiger partial charge in [0.1, 0.15) is 5.82 Å². The zero-order valence-electron chi connectivity index (χ0n) is 17.8. The average molecular weight is 430 g/mol. The fourth-order valence-corrected chi connectivity index (χ4v) is 3.30. The molecule has 0 bridgehead atoms. The molecule has 1 amide bonds. The molecule has 0 aliphatic carbocycles. The van der Waals surface area contributed by atoms with Gasteiger partial charge in [-0.2, -0.15) is 13.2 Å². The second-order valence-corrected chi connectivity index (χ2v) is 8.88. The highest BCUT2D eigenvalue weighted by Crippen LogP contribution is 2.31. The normalized spacial score (nSPS) is 16.4. The van der Waals surface area contributed by atoms with Crippen LogP contribution in [0.25, 0.3) is 5.70 Å². The maximum absolute atomic E-state index is 13.6. The van der Waals surface area contributed by atoms with Gasteiger partial charge in [0.05, 0.1) is 5.56 Å². The van der Waals surface area contributed by atoms with Crippen LogP contribution in [0, 0.1) is 17.2 Å². The van der Waals surface area contributed by atoms with Crippen LogP contribution in [-0.4, -0.2) is 43.5 Å². The SMILES string of the molecule is C=C(NCC1CCN(CCNC(=O)C(C)(C)C)CC1)c1cc(F)cc(C(F)(F)F)c1. The molecule has 8 heteroatoms. The fraction of sp³-hybridized carbons (Fsp3) is 0.591. The Morgan fingerprint density at radius 2 is 1.77 bits per heavy atom. The molecule has 2 N–H and O–H groups in total. The largest absolute Gasteiger partial charge is 0.416 e. The molecule has 0 saturated carbocycles. The van der Waals surface area contributed by atoms with E-state index < -0.39 is 23.0 Å². The predicted molar refractivity (Wildman–Crippen MR) is 110 cm³/mol. The summed E-state index contributed by atoms with van der Waals surface area (Å²) >= 11 is 0. The first kappa shape index (κ1) is 24.2. The van der Waals surface area contributed by atoms with E-state index in [1.54, 1.807) is 0 Å². The van der Waals surface area contributed by atoms with Gasteiger partial charge >= 0.3 is 6.18 Å². The third-order valence-corrected chi connectivity index (χ3v) is 5.28. The molecule has 168 valence electrons. The van der Waals surface area contributed by atoms with E-state index in [1.807, 2.05) is 20.8 Å². The van der Waals surface area contributed by atoms with Gasteiger partial charge in [0.15, 0.2) is 0 Å². The third-order valence-electron chi connectivity index (χ3n) is 5.28. The molecule has 30 heavy (non-hydrogen) atoms. The highest BCUT2D eigenvalue weighted by Gasteiger charge is 2.31. The number of carbonyl (C=O) groups is 1. The van der Waals surface area contributed by atoms with E-state index in [2.05, 4.69) is 22.1 Å². The van der Waals surface area contributed by atoms with Crippen molar-refractivity contribution in [3.8, 4) is 0 Å². The van der Waals surface area contributed by atoms with Crippen LogP contribution in [0.1, 0.15) is 44.7 Å². The Kier molecular flexibility index (Phi) is 7.91. The number of carbonyl (C=O) groups excluding carboxylic acids is 1.